The van der Waals surface area contributed by atoms with Gasteiger partial charge in [0.15, 0.2) is 5.82 Å². The highest BCUT2D eigenvalue weighted by atomic mass is 19.1. The van der Waals surface area contributed by atoms with E-state index in [0.29, 0.717) is 37.5 Å². The average Bonchev–Trinajstić information content (AvgIpc) is 3.78. The molecule has 0 aliphatic carbocycles. The molecule has 48 heavy (non-hydrogen) atoms. The lowest BCUT2D eigenvalue weighted by atomic mass is 9.92. The summed E-state index contributed by atoms with van der Waals surface area (Å²) in [5, 5.41) is 19.2. The summed E-state index contributed by atoms with van der Waals surface area (Å²) >= 11 is 0. The largest absolute Gasteiger partial charge is 0.483 e. The van der Waals surface area contributed by atoms with E-state index in [0.717, 1.165) is 79.5 Å². The summed E-state index contributed by atoms with van der Waals surface area (Å²) in [4.78, 5) is 27.6. The lowest BCUT2D eigenvalue weighted by molar-refractivity contribution is -0.122. The molecule has 9 rings (SSSR count). The van der Waals surface area contributed by atoms with Crippen molar-refractivity contribution in [2.45, 2.75) is 77.4 Å². The molecule has 3 N–H and O–H groups in total. The van der Waals surface area contributed by atoms with Gasteiger partial charge in [-0.15, -0.1) is 0 Å². The third-order valence-corrected chi connectivity index (χ3v) is 10.1. The molecule has 1 unspecified atom stereocenters. The van der Waals surface area contributed by atoms with E-state index in [9.17, 15) is 0 Å². The Hall–Kier alpha value is -3.94. The smallest absolute Gasteiger partial charge is 0.319 e. The molecule has 12 nitrogen and oxygen atoms in total. The average molecular weight is 663 g/mol. The van der Waals surface area contributed by atoms with Gasteiger partial charge in [0.2, 0.25) is 0 Å². The monoisotopic (exact) mass is 662 g/mol. The molecule has 4 aromatic rings. The predicted octanol–water partition coefficient (Wildman–Crippen LogP) is 4.88. The van der Waals surface area contributed by atoms with E-state index in [1.165, 1.54) is 12.8 Å². The fourth-order valence-electron chi connectivity index (χ4n) is 7.97. The number of aromatic amines is 1. The first-order valence-electron chi connectivity index (χ1n) is 17.2. The highest BCUT2D eigenvalue weighted by molar-refractivity contribution is 5.99. The Morgan fingerprint density at radius 3 is 2.67 bits per heavy atom. The SMILES string of the molecule is CC.Cc1cc2[nH]ncc2c2c1CCCOC1(C)CNCCN(C1)c1nc(OCC34CCCN3CCC4)nc3c(F)c-2ncc13.O=CO. The van der Waals surface area contributed by atoms with Gasteiger partial charge in [-0.3, -0.25) is 19.8 Å². The summed E-state index contributed by atoms with van der Waals surface area (Å²) in [6.07, 6.45) is 9.61. The maximum atomic E-state index is 17.0. The normalized spacial score (nSPS) is 21.8. The molecule has 0 radical (unpaired) electrons. The minimum Gasteiger partial charge on any atom is -0.483 e. The van der Waals surface area contributed by atoms with E-state index in [1.54, 1.807) is 12.4 Å². The molecular formula is C35H47FN8O4. The molecule has 3 saturated heterocycles. The topological polar surface area (TPSA) is 142 Å². The van der Waals surface area contributed by atoms with Crippen molar-refractivity contribution in [2.24, 2.45) is 0 Å². The number of rotatable bonds is 3. The molecule has 5 aliphatic heterocycles. The minimum absolute atomic E-state index is 0.0275. The highest BCUT2D eigenvalue weighted by Crippen LogP contribution is 2.41. The number of aromatic nitrogens is 5. The van der Waals surface area contributed by atoms with E-state index in [-0.39, 0.29) is 29.2 Å². The van der Waals surface area contributed by atoms with Crippen molar-refractivity contribution in [1.29, 1.82) is 0 Å². The molecule has 3 fully saturated rings. The minimum atomic E-state index is -0.454. The second kappa shape index (κ2) is 14.3. The lowest BCUT2D eigenvalue weighted by Gasteiger charge is -2.34. The number of fused-ring (bicyclic) bond motifs is 6. The van der Waals surface area contributed by atoms with Gasteiger partial charge in [0.05, 0.1) is 28.2 Å². The number of H-pyrrole nitrogens is 1. The number of hydrogen-bond acceptors (Lipinski definition) is 10. The molecule has 6 bridgehead atoms. The van der Waals surface area contributed by atoms with Crippen LogP contribution in [0.5, 0.6) is 6.01 Å². The first-order chi connectivity index (χ1) is 23.3. The Labute approximate surface area is 280 Å². The summed E-state index contributed by atoms with van der Waals surface area (Å²) in [7, 11) is 0. The molecule has 0 amide bonds. The predicted molar refractivity (Wildman–Crippen MR) is 183 cm³/mol. The molecule has 0 spiro atoms. The van der Waals surface area contributed by atoms with Gasteiger partial charge in [-0.1, -0.05) is 13.8 Å². The Bertz CT molecular complexity index is 1760. The first-order valence-corrected chi connectivity index (χ1v) is 17.2. The second-order valence-electron chi connectivity index (χ2n) is 13.2. The standard InChI is InChI=1S/C32H39FN8O2.C2H6.CH2O2/c1-20-14-24-22(16-36-39-24)25-21(20)6-3-13-43-31(2)17-34-9-12-40(18-31)29-23-15-35-28(25)26(33)27(23)37-30(38-29)42-19-32-7-4-10-41(32)11-5-8-32;1-2;2-1-3/h14-16,34H,3-13,17-19H2,1-2H3,(H,36,39);1-2H3;1H,(H,2,3). The Morgan fingerprint density at radius 2 is 1.90 bits per heavy atom. The number of halogens is 1. The summed E-state index contributed by atoms with van der Waals surface area (Å²) in [6, 6.07) is 2.30. The van der Waals surface area contributed by atoms with Crippen molar-refractivity contribution < 1.29 is 23.8 Å². The maximum absolute atomic E-state index is 17.0. The summed E-state index contributed by atoms with van der Waals surface area (Å²) in [5.74, 6) is 0.185. The van der Waals surface area contributed by atoms with Crippen LogP contribution in [0.15, 0.2) is 18.5 Å². The van der Waals surface area contributed by atoms with Crippen LogP contribution in [-0.2, 0) is 16.0 Å². The van der Waals surface area contributed by atoms with Gasteiger partial charge in [-0.05, 0) is 82.7 Å². The van der Waals surface area contributed by atoms with Crippen LogP contribution in [0.25, 0.3) is 33.1 Å². The van der Waals surface area contributed by atoms with Crippen LogP contribution in [0, 0.1) is 12.7 Å². The van der Waals surface area contributed by atoms with Gasteiger partial charge in [-0.2, -0.15) is 15.1 Å². The number of anilines is 1. The van der Waals surface area contributed by atoms with Gasteiger partial charge in [-0.25, -0.2) is 4.39 Å². The number of pyridine rings is 1. The van der Waals surface area contributed by atoms with Crippen molar-refractivity contribution in [3.05, 3.63) is 35.4 Å². The van der Waals surface area contributed by atoms with E-state index >= 15 is 4.39 Å². The lowest BCUT2D eigenvalue weighted by Crippen LogP contribution is -2.46. The number of nitrogens with zero attached hydrogens (tertiary/aromatic N) is 6. The van der Waals surface area contributed by atoms with Gasteiger partial charge >= 0.3 is 6.01 Å². The van der Waals surface area contributed by atoms with Crippen molar-refractivity contribution in [1.82, 2.24) is 35.4 Å². The third kappa shape index (κ3) is 6.30. The zero-order valence-corrected chi connectivity index (χ0v) is 28.4. The van der Waals surface area contributed by atoms with Gasteiger partial charge < -0.3 is 24.8 Å². The number of ether oxygens (including phenoxy) is 2. The molecule has 5 aliphatic rings. The molecular weight excluding hydrogens is 615 g/mol. The fourth-order valence-corrected chi connectivity index (χ4v) is 7.97. The van der Waals surface area contributed by atoms with Crippen LogP contribution >= 0.6 is 0 Å². The molecule has 13 heteroatoms. The van der Waals surface area contributed by atoms with Crippen LogP contribution in [0.2, 0.25) is 0 Å². The van der Waals surface area contributed by atoms with E-state index in [2.05, 4.69) is 45.2 Å². The molecule has 0 saturated carbocycles. The van der Waals surface area contributed by atoms with Crippen molar-refractivity contribution >= 4 is 34.1 Å². The molecule has 1 aromatic carbocycles. The van der Waals surface area contributed by atoms with Crippen LogP contribution in [-0.4, -0.2) is 105 Å². The summed E-state index contributed by atoms with van der Waals surface area (Å²) in [5.41, 5.74) is 3.83. The van der Waals surface area contributed by atoms with E-state index < -0.39 is 11.4 Å². The van der Waals surface area contributed by atoms with E-state index in [1.807, 2.05) is 13.8 Å². The number of aryl methyl sites for hydroxylation is 1. The molecule has 3 aromatic heterocycles. The number of hydrogen-bond donors (Lipinski definition) is 3. The van der Waals surface area contributed by atoms with Crippen LogP contribution in [0.4, 0.5) is 10.2 Å². The van der Waals surface area contributed by atoms with Gasteiger partial charge in [0.1, 0.15) is 23.6 Å². The quantitative estimate of drug-likeness (QED) is 0.259. The van der Waals surface area contributed by atoms with Crippen LogP contribution < -0.4 is 15.0 Å². The van der Waals surface area contributed by atoms with Gasteiger partial charge in [0, 0.05) is 49.9 Å². The van der Waals surface area contributed by atoms with E-state index in [4.69, 9.17) is 34.3 Å². The van der Waals surface area contributed by atoms with Crippen molar-refractivity contribution in [3.8, 4) is 17.3 Å². The Morgan fingerprint density at radius 1 is 1.12 bits per heavy atom. The molecule has 8 heterocycles. The fraction of sp³-hybridized carbons (Fsp3) is 0.571. The zero-order valence-electron chi connectivity index (χ0n) is 28.4. The Kier molecular flexibility index (Phi) is 10.1. The van der Waals surface area contributed by atoms with Crippen LogP contribution in [0.1, 0.15) is 64.0 Å². The zero-order chi connectivity index (χ0) is 33.9. The number of benzene rings is 1. The Balaban J connectivity index is 0.000000762. The third-order valence-electron chi connectivity index (χ3n) is 10.1. The number of carboxylic acid groups (broad SMARTS) is 1. The first kappa shape index (κ1) is 33.9. The molecule has 258 valence electrons. The second-order valence-corrected chi connectivity index (χ2v) is 13.2. The summed E-state index contributed by atoms with van der Waals surface area (Å²) in [6.45, 7) is 14.1. The highest BCUT2D eigenvalue weighted by Gasteiger charge is 2.45. The van der Waals surface area contributed by atoms with Crippen molar-refractivity contribution in [3.63, 3.8) is 0 Å². The number of carbonyl (C=O) groups is 1. The van der Waals surface area contributed by atoms with Crippen molar-refractivity contribution in [2.75, 3.05) is 57.4 Å². The summed E-state index contributed by atoms with van der Waals surface area (Å²) < 4.78 is 30.0. The van der Waals surface area contributed by atoms with Gasteiger partial charge in [0.25, 0.3) is 6.47 Å². The maximum Gasteiger partial charge on any atom is 0.319 e. The number of nitrogens with one attached hydrogen (secondary N) is 2. The molecule has 1 atom stereocenters. The van der Waals surface area contributed by atoms with Crippen LogP contribution in [0.3, 0.4) is 0 Å².